The topological polar surface area (TPSA) is 82.8 Å². The van der Waals surface area contributed by atoms with Gasteiger partial charge in [-0.15, -0.1) is 11.3 Å². The first-order chi connectivity index (χ1) is 6.56. The third-order valence-electron chi connectivity index (χ3n) is 1.59. The van der Waals surface area contributed by atoms with Crippen LogP contribution in [0.1, 0.15) is 12.6 Å². The van der Waals surface area contributed by atoms with Gasteiger partial charge < -0.3 is 0 Å². The number of nitrogens with one attached hydrogen (secondary N) is 1. The Balaban J connectivity index is 2.58. The summed E-state index contributed by atoms with van der Waals surface area (Å²) in [7, 11) is -3.53. The molecule has 14 heavy (non-hydrogen) atoms. The van der Waals surface area contributed by atoms with E-state index in [2.05, 4.69) is 9.71 Å². The minimum absolute atomic E-state index is 0.137. The maximum absolute atomic E-state index is 11.3. The molecule has 1 aromatic rings. The number of hydrogen-bond acceptors (Lipinski definition) is 5. The van der Waals surface area contributed by atoms with Crippen molar-refractivity contribution in [1.82, 2.24) is 9.71 Å². The van der Waals surface area contributed by atoms with Gasteiger partial charge in [0.1, 0.15) is 0 Å². The summed E-state index contributed by atoms with van der Waals surface area (Å²) in [6, 6.07) is 1.67. The van der Waals surface area contributed by atoms with Gasteiger partial charge in [-0.05, 0) is 6.92 Å². The third kappa shape index (κ3) is 2.77. The maximum Gasteiger partial charge on any atom is 0.228 e. The molecule has 0 aliphatic rings. The molecule has 1 atom stereocenters. The van der Waals surface area contributed by atoms with Gasteiger partial charge in [0.15, 0.2) is 5.25 Å². The molecule has 76 valence electrons. The molecule has 1 aromatic heterocycles. The smallest absolute Gasteiger partial charge is 0.228 e. The fraction of sp³-hybridized carbons (Fsp3) is 0.429. The monoisotopic (exact) mass is 231 g/mol. The number of aromatic nitrogens is 1. The summed E-state index contributed by atoms with van der Waals surface area (Å²) >= 11 is 1.39. The first-order valence-corrected chi connectivity index (χ1v) is 6.30. The van der Waals surface area contributed by atoms with Crippen molar-refractivity contribution in [2.45, 2.75) is 18.7 Å². The second-order valence-corrected chi connectivity index (χ2v) is 5.42. The Morgan fingerprint density at radius 1 is 1.79 bits per heavy atom. The zero-order valence-corrected chi connectivity index (χ0v) is 9.10. The molecule has 5 nitrogen and oxygen atoms in total. The lowest BCUT2D eigenvalue weighted by Gasteiger charge is -2.05. The second-order valence-electron chi connectivity index (χ2n) is 2.62. The van der Waals surface area contributed by atoms with Crippen molar-refractivity contribution in [3.63, 3.8) is 0 Å². The Labute approximate surface area is 86.5 Å². The minimum atomic E-state index is -3.53. The maximum atomic E-state index is 11.3. The van der Waals surface area contributed by atoms with E-state index in [1.807, 2.05) is 0 Å². The molecular formula is C7H9N3O2S2. The number of nitrogens with zero attached hydrogens (tertiary/aromatic N) is 2. The molecule has 1 rings (SSSR count). The summed E-state index contributed by atoms with van der Waals surface area (Å²) in [6.45, 7) is 1.47. The minimum Gasteiger partial charge on any atom is -0.248 e. The van der Waals surface area contributed by atoms with E-state index >= 15 is 0 Å². The Kier molecular flexibility index (Phi) is 3.57. The predicted octanol–water partition coefficient (Wildman–Crippen LogP) is 0.475. The normalized spacial score (nSPS) is 13.4. The highest BCUT2D eigenvalue weighted by molar-refractivity contribution is 7.90. The number of nitriles is 1. The molecule has 0 fully saturated rings. The molecule has 0 radical (unpaired) electrons. The summed E-state index contributed by atoms with van der Waals surface area (Å²) in [5.74, 6) is 0. The lowest BCUT2D eigenvalue weighted by Crippen LogP contribution is -2.31. The van der Waals surface area contributed by atoms with E-state index in [-0.39, 0.29) is 6.54 Å². The van der Waals surface area contributed by atoms with Crippen LogP contribution < -0.4 is 4.72 Å². The van der Waals surface area contributed by atoms with Gasteiger partial charge in [-0.1, -0.05) is 0 Å². The van der Waals surface area contributed by atoms with Crippen molar-refractivity contribution in [2.75, 3.05) is 0 Å². The first kappa shape index (κ1) is 11.1. The van der Waals surface area contributed by atoms with Crippen LogP contribution in [0, 0.1) is 11.3 Å². The van der Waals surface area contributed by atoms with Crippen molar-refractivity contribution >= 4 is 21.4 Å². The third-order valence-corrected chi connectivity index (χ3v) is 3.80. The predicted molar refractivity (Wildman–Crippen MR) is 52.9 cm³/mol. The van der Waals surface area contributed by atoms with Gasteiger partial charge in [-0.2, -0.15) is 5.26 Å². The molecule has 0 aromatic carbocycles. The van der Waals surface area contributed by atoms with E-state index in [1.54, 1.807) is 17.0 Å². The van der Waals surface area contributed by atoms with Crippen molar-refractivity contribution in [3.05, 3.63) is 16.6 Å². The van der Waals surface area contributed by atoms with Gasteiger partial charge in [0.05, 0.1) is 23.8 Å². The molecule has 0 amide bonds. The van der Waals surface area contributed by atoms with Crippen LogP contribution in [0.15, 0.2) is 10.9 Å². The molecular weight excluding hydrogens is 222 g/mol. The highest BCUT2D eigenvalue weighted by Crippen LogP contribution is 2.02. The van der Waals surface area contributed by atoms with Gasteiger partial charge in [0.2, 0.25) is 10.0 Å². The van der Waals surface area contributed by atoms with Crippen LogP contribution in [-0.4, -0.2) is 18.7 Å². The Morgan fingerprint density at radius 2 is 2.50 bits per heavy atom. The summed E-state index contributed by atoms with van der Waals surface area (Å²) < 4.78 is 24.9. The molecule has 0 spiro atoms. The van der Waals surface area contributed by atoms with E-state index in [9.17, 15) is 8.42 Å². The van der Waals surface area contributed by atoms with Crippen LogP contribution in [0.25, 0.3) is 0 Å². The van der Waals surface area contributed by atoms with E-state index < -0.39 is 15.3 Å². The molecule has 1 heterocycles. The number of rotatable bonds is 4. The zero-order valence-electron chi connectivity index (χ0n) is 7.47. The lowest BCUT2D eigenvalue weighted by molar-refractivity contribution is 0.576. The Hall–Kier alpha value is -0.970. The van der Waals surface area contributed by atoms with Gasteiger partial charge in [-0.25, -0.2) is 18.1 Å². The average molecular weight is 231 g/mol. The van der Waals surface area contributed by atoms with Crippen LogP contribution >= 0.6 is 11.3 Å². The van der Waals surface area contributed by atoms with Crippen molar-refractivity contribution in [1.29, 1.82) is 5.26 Å². The van der Waals surface area contributed by atoms with Crippen LogP contribution in [0.3, 0.4) is 0 Å². The number of hydrogen-bond donors (Lipinski definition) is 1. The first-order valence-electron chi connectivity index (χ1n) is 3.81. The SMILES string of the molecule is CC(C#N)S(=O)(=O)NCc1cscn1. The molecule has 0 saturated heterocycles. The largest absolute Gasteiger partial charge is 0.248 e. The second kappa shape index (κ2) is 4.50. The standard InChI is InChI=1S/C7H9N3O2S2/c1-6(2-8)14(11,12)10-3-7-4-13-5-9-7/h4-6,10H,3H2,1H3. The fourth-order valence-corrected chi connectivity index (χ4v) is 1.99. The zero-order chi connectivity index (χ0) is 10.6. The lowest BCUT2D eigenvalue weighted by atomic mass is 10.5. The van der Waals surface area contributed by atoms with Crippen molar-refractivity contribution in [2.24, 2.45) is 0 Å². The van der Waals surface area contributed by atoms with Gasteiger partial charge in [-0.3, -0.25) is 0 Å². The highest BCUT2D eigenvalue weighted by Gasteiger charge is 2.19. The molecule has 0 aliphatic carbocycles. The van der Waals surface area contributed by atoms with Gasteiger partial charge >= 0.3 is 0 Å². The molecule has 0 bridgehead atoms. The van der Waals surface area contributed by atoms with Crippen LogP contribution in [0.4, 0.5) is 0 Å². The van der Waals surface area contributed by atoms with Crippen LogP contribution in [0.5, 0.6) is 0 Å². The summed E-state index contributed by atoms with van der Waals surface area (Å²) in [5.41, 5.74) is 2.28. The number of sulfonamides is 1. The van der Waals surface area contributed by atoms with E-state index in [4.69, 9.17) is 5.26 Å². The molecule has 7 heteroatoms. The van der Waals surface area contributed by atoms with Crippen molar-refractivity contribution < 1.29 is 8.42 Å². The Bertz CT molecular complexity index is 418. The molecule has 0 aliphatic heterocycles. The fourth-order valence-electron chi connectivity index (χ4n) is 0.694. The number of thiazole rings is 1. The average Bonchev–Trinajstić information content (AvgIpc) is 2.66. The van der Waals surface area contributed by atoms with Gasteiger partial charge in [0, 0.05) is 5.38 Å². The highest BCUT2D eigenvalue weighted by atomic mass is 32.2. The summed E-state index contributed by atoms with van der Waals surface area (Å²) in [5, 5.41) is 9.15. The van der Waals surface area contributed by atoms with E-state index in [1.165, 1.54) is 18.3 Å². The van der Waals surface area contributed by atoms with Crippen molar-refractivity contribution in [3.8, 4) is 6.07 Å². The molecule has 1 N–H and O–H groups in total. The Morgan fingerprint density at radius 3 is 3.00 bits per heavy atom. The van der Waals surface area contributed by atoms with Crippen LogP contribution in [-0.2, 0) is 16.6 Å². The van der Waals surface area contributed by atoms with E-state index in [0.717, 1.165) is 0 Å². The molecule has 1 unspecified atom stereocenters. The summed E-state index contributed by atoms with van der Waals surface area (Å²) in [6.07, 6.45) is 0. The summed E-state index contributed by atoms with van der Waals surface area (Å²) in [4.78, 5) is 3.91. The van der Waals surface area contributed by atoms with Gasteiger partial charge in [0.25, 0.3) is 0 Å². The quantitative estimate of drug-likeness (QED) is 0.816. The van der Waals surface area contributed by atoms with Crippen LogP contribution in [0.2, 0.25) is 0 Å². The van der Waals surface area contributed by atoms with E-state index in [0.29, 0.717) is 5.69 Å². The molecule has 0 saturated carbocycles.